The Kier molecular flexibility index (Phi) is 4.37. The first-order chi connectivity index (χ1) is 9.56. The fourth-order valence-electron chi connectivity index (χ4n) is 1.76. The minimum Gasteiger partial charge on any atom is -0.374 e. The molecule has 1 heterocycles. The van der Waals surface area contributed by atoms with Crippen LogP contribution in [0.4, 0.5) is 10.5 Å². The molecule has 4 N–H and O–H groups in total. The van der Waals surface area contributed by atoms with Crippen molar-refractivity contribution in [2.24, 2.45) is 5.73 Å². The number of benzene rings is 1. The number of carbonyl (C=O) groups is 2. The van der Waals surface area contributed by atoms with Crippen molar-refractivity contribution in [3.8, 4) is 11.1 Å². The van der Waals surface area contributed by atoms with E-state index in [2.05, 4.69) is 10.7 Å². The number of amides is 3. The minimum atomic E-state index is -0.851. The van der Waals surface area contributed by atoms with Crippen LogP contribution in [0.25, 0.3) is 11.1 Å². The predicted octanol–water partition coefficient (Wildman–Crippen LogP) is 2.41. The summed E-state index contributed by atoms with van der Waals surface area (Å²) in [6, 6.07) is 8.36. The van der Waals surface area contributed by atoms with Gasteiger partial charge in [-0.25, -0.2) is 4.79 Å². The number of nitrogens with two attached hydrogens (primary N) is 1. The van der Waals surface area contributed by atoms with Crippen LogP contribution >= 0.6 is 11.3 Å². The van der Waals surface area contributed by atoms with Crippen LogP contribution in [-0.2, 0) is 4.79 Å². The summed E-state index contributed by atoms with van der Waals surface area (Å²) in [7, 11) is 0. The molecule has 0 aliphatic heterocycles. The van der Waals surface area contributed by atoms with Crippen molar-refractivity contribution in [3.63, 3.8) is 0 Å². The zero-order chi connectivity index (χ0) is 14.5. The maximum absolute atomic E-state index is 11.6. The van der Waals surface area contributed by atoms with Crippen molar-refractivity contribution in [3.05, 3.63) is 41.1 Å². The van der Waals surface area contributed by atoms with Gasteiger partial charge in [0, 0.05) is 5.69 Å². The van der Waals surface area contributed by atoms with Crippen molar-refractivity contribution in [1.82, 2.24) is 5.32 Å². The Balaban J connectivity index is 2.08. The van der Waals surface area contributed by atoms with E-state index in [1.807, 2.05) is 41.0 Å². The van der Waals surface area contributed by atoms with E-state index in [1.165, 1.54) is 0 Å². The number of thiophene rings is 1. The Hall–Kier alpha value is -2.34. The second-order valence-electron chi connectivity index (χ2n) is 4.31. The number of rotatable bonds is 4. The Bertz CT molecular complexity index is 611. The summed E-state index contributed by atoms with van der Waals surface area (Å²) in [5.41, 5.74) is 7.92. The molecule has 3 amide bonds. The molecule has 0 saturated heterocycles. The van der Waals surface area contributed by atoms with Crippen molar-refractivity contribution >= 4 is 29.0 Å². The molecule has 0 radical (unpaired) electrons. The number of anilines is 1. The maximum atomic E-state index is 11.6. The van der Waals surface area contributed by atoms with Crippen molar-refractivity contribution in [2.75, 3.05) is 5.32 Å². The van der Waals surface area contributed by atoms with E-state index in [9.17, 15) is 9.59 Å². The third kappa shape index (κ3) is 3.58. The largest absolute Gasteiger partial charge is 0.374 e. The van der Waals surface area contributed by atoms with Crippen LogP contribution in [0.3, 0.4) is 0 Å². The minimum absolute atomic E-state index is 0.460. The number of urea groups is 1. The van der Waals surface area contributed by atoms with Crippen LogP contribution in [0.15, 0.2) is 41.1 Å². The lowest BCUT2D eigenvalue weighted by molar-refractivity contribution is -0.120. The van der Waals surface area contributed by atoms with Gasteiger partial charge in [-0.2, -0.15) is 11.3 Å². The van der Waals surface area contributed by atoms with Crippen LogP contribution in [0.1, 0.15) is 6.92 Å². The highest BCUT2D eigenvalue weighted by Gasteiger charge is 2.14. The molecular weight excluding hydrogens is 274 g/mol. The molecule has 1 aromatic carbocycles. The smallest absolute Gasteiger partial charge is 0.318 e. The van der Waals surface area contributed by atoms with E-state index < -0.39 is 18.0 Å². The van der Waals surface area contributed by atoms with Crippen molar-refractivity contribution in [2.45, 2.75) is 13.0 Å². The summed E-state index contributed by atoms with van der Waals surface area (Å²) >= 11 is 1.63. The Morgan fingerprint density at radius 1 is 1.25 bits per heavy atom. The predicted molar refractivity (Wildman–Crippen MR) is 80.6 cm³/mol. The van der Waals surface area contributed by atoms with Crippen molar-refractivity contribution in [1.29, 1.82) is 0 Å². The summed E-state index contributed by atoms with van der Waals surface area (Å²) in [6.07, 6.45) is 0. The van der Waals surface area contributed by atoms with E-state index in [1.54, 1.807) is 18.3 Å². The topological polar surface area (TPSA) is 84.2 Å². The number of primary amides is 1. The highest BCUT2D eigenvalue weighted by Crippen LogP contribution is 2.24. The number of imide groups is 1. The van der Waals surface area contributed by atoms with Gasteiger partial charge in [0.2, 0.25) is 5.91 Å². The molecule has 0 saturated carbocycles. The van der Waals surface area contributed by atoms with E-state index >= 15 is 0 Å². The second-order valence-corrected chi connectivity index (χ2v) is 5.09. The van der Waals surface area contributed by atoms with Crippen LogP contribution in [-0.4, -0.2) is 18.0 Å². The normalized spacial score (nSPS) is 11.7. The molecule has 0 spiro atoms. The van der Waals surface area contributed by atoms with Gasteiger partial charge in [-0.15, -0.1) is 0 Å². The third-order valence-electron chi connectivity index (χ3n) is 2.74. The highest BCUT2D eigenvalue weighted by atomic mass is 32.1. The van der Waals surface area contributed by atoms with Gasteiger partial charge in [-0.3, -0.25) is 10.1 Å². The Morgan fingerprint density at radius 3 is 2.70 bits per heavy atom. The highest BCUT2D eigenvalue weighted by molar-refractivity contribution is 7.08. The molecule has 5 nitrogen and oxygen atoms in total. The molecular formula is C14H15N3O2S. The van der Waals surface area contributed by atoms with Crippen LogP contribution in [0.5, 0.6) is 0 Å². The second kappa shape index (κ2) is 6.21. The maximum Gasteiger partial charge on any atom is 0.318 e. The Labute approximate surface area is 120 Å². The molecule has 0 fully saturated rings. The van der Waals surface area contributed by atoms with Gasteiger partial charge in [-0.1, -0.05) is 12.1 Å². The first kappa shape index (κ1) is 14.1. The average molecular weight is 289 g/mol. The van der Waals surface area contributed by atoms with E-state index in [-0.39, 0.29) is 0 Å². The Morgan fingerprint density at radius 2 is 2.05 bits per heavy atom. The molecule has 0 bridgehead atoms. The van der Waals surface area contributed by atoms with Gasteiger partial charge in [-0.05, 0) is 47.0 Å². The molecule has 104 valence electrons. The average Bonchev–Trinajstić information content (AvgIpc) is 2.92. The summed E-state index contributed by atoms with van der Waals surface area (Å²) in [5.74, 6) is -0.460. The SMILES string of the molecule is CC(Nc1cccc(-c2ccsc2)c1)C(=O)NC(N)=O. The van der Waals surface area contributed by atoms with Gasteiger partial charge >= 0.3 is 6.03 Å². The summed E-state index contributed by atoms with van der Waals surface area (Å²) in [5, 5.41) is 9.15. The molecule has 0 aliphatic rings. The van der Waals surface area contributed by atoms with E-state index in [0.717, 1.165) is 16.8 Å². The number of nitrogens with one attached hydrogen (secondary N) is 2. The van der Waals surface area contributed by atoms with Gasteiger partial charge in [0.15, 0.2) is 0 Å². The van der Waals surface area contributed by atoms with Crippen LogP contribution in [0, 0.1) is 0 Å². The molecule has 0 aliphatic carbocycles. The monoisotopic (exact) mass is 289 g/mol. The number of hydrogen-bond acceptors (Lipinski definition) is 4. The van der Waals surface area contributed by atoms with Crippen LogP contribution in [0.2, 0.25) is 0 Å². The molecule has 6 heteroatoms. The summed E-state index contributed by atoms with van der Waals surface area (Å²) < 4.78 is 0. The fourth-order valence-corrected chi connectivity index (χ4v) is 2.43. The number of hydrogen-bond donors (Lipinski definition) is 3. The first-order valence-corrected chi connectivity index (χ1v) is 7.00. The van der Waals surface area contributed by atoms with Gasteiger partial charge < -0.3 is 11.1 Å². The van der Waals surface area contributed by atoms with E-state index in [4.69, 9.17) is 5.73 Å². The van der Waals surface area contributed by atoms with Gasteiger partial charge in [0.1, 0.15) is 6.04 Å². The molecule has 1 unspecified atom stereocenters. The first-order valence-electron chi connectivity index (χ1n) is 6.06. The number of carbonyl (C=O) groups excluding carboxylic acids is 2. The lowest BCUT2D eigenvalue weighted by atomic mass is 10.1. The van der Waals surface area contributed by atoms with Crippen molar-refractivity contribution < 1.29 is 9.59 Å². The fraction of sp³-hybridized carbons (Fsp3) is 0.143. The van der Waals surface area contributed by atoms with Crippen LogP contribution < -0.4 is 16.4 Å². The molecule has 1 atom stereocenters. The standard InChI is InChI=1S/C14H15N3O2S/c1-9(13(18)17-14(15)19)16-12-4-2-3-10(7-12)11-5-6-20-8-11/h2-9,16H,1H3,(H3,15,17,18,19). The molecule has 1 aromatic heterocycles. The van der Waals surface area contributed by atoms with Gasteiger partial charge in [0.25, 0.3) is 0 Å². The third-order valence-corrected chi connectivity index (χ3v) is 3.42. The molecule has 2 rings (SSSR count). The quantitative estimate of drug-likeness (QED) is 0.808. The molecule has 2 aromatic rings. The molecule has 20 heavy (non-hydrogen) atoms. The zero-order valence-electron chi connectivity index (χ0n) is 10.9. The summed E-state index contributed by atoms with van der Waals surface area (Å²) in [6.45, 7) is 1.66. The lowest BCUT2D eigenvalue weighted by Crippen LogP contribution is -2.43. The van der Waals surface area contributed by atoms with E-state index in [0.29, 0.717) is 0 Å². The van der Waals surface area contributed by atoms with Gasteiger partial charge in [0.05, 0.1) is 0 Å². The lowest BCUT2D eigenvalue weighted by Gasteiger charge is -2.14. The zero-order valence-corrected chi connectivity index (χ0v) is 11.7. The summed E-state index contributed by atoms with van der Waals surface area (Å²) in [4.78, 5) is 22.2.